The van der Waals surface area contributed by atoms with Gasteiger partial charge in [0.15, 0.2) is 12.1 Å². The van der Waals surface area contributed by atoms with Gasteiger partial charge in [0.05, 0.1) is 12.7 Å². The average Bonchev–Trinajstić information content (AvgIpc) is 2.57. The van der Waals surface area contributed by atoms with Crippen molar-refractivity contribution >= 4 is 5.78 Å². The van der Waals surface area contributed by atoms with Crippen molar-refractivity contribution in [3.63, 3.8) is 0 Å². The molecule has 158 valence electrons. The van der Waals surface area contributed by atoms with E-state index in [0.29, 0.717) is 24.7 Å². The first-order valence-electron chi connectivity index (χ1n) is 9.68. The SMILES string of the molecule is C[C@@H]1C[C@H](O)CC(C)(C)[C@H]1CCC(=O)CO[C@H]1O[C@H](CO)[C@@H](O)[C@H](O)[C@H]1O. The highest BCUT2D eigenvalue weighted by molar-refractivity contribution is 5.79. The summed E-state index contributed by atoms with van der Waals surface area (Å²) in [4.78, 5) is 12.2. The third-order valence-electron chi connectivity index (χ3n) is 6.09. The summed E-state index contributed by atoms with van der Waals surface area (Å²) < 4.78 is 10.5. The molecule has 2 aliphatic rings. The number of hydrogen-bond acceptors (Lipinski definition) is 8. The fourth-order valence-electron chi connectivity index (χ4n) is 4.65. The molecular formula is C19H34O8. The summed E-state index contributed by atoms with van der Waals surface area (Å²) in [5.41, 5.74) is -0.0461. The maximum atomic E-state index is 12.2. The third-order valence-corrected chi connectivity index (χ3v) is 6.09. The molecule has 8 nitrogen and oxygen atoms in total. The molecule has 27 heavy (non-hydrogen) atoms. The lowest BCUT2D eigenvalue weighted by atomic mass is 9.62. The van der Waals surface area contributed by atoms with E-state index < -0.39 is 37.3 Å². The van der Waals surface area contributed by atoms with E-state index >= 15 is 0 Å². The van der Waals surface area contributed by atoms with Crippen molar-refractivity contribution in [2.45, 2.75) is 83.3 Å². The highest BCUT2D eigenvalue weighted by Crippen LogP contribution is 2.46. The summed E-state index contributed by atoms with van der Waals surface area (Å²) in [6.07, 6.45) is -4.66. The van der Waals surface area contributed by atoms with Gasteiger partial charge in [-0.3, -0.25) is 4.79 Å². The molecule has 1 saturated heterocycles. The molecule has 0 aromatic carbocycles. The number of rotatable bonds is 7. The highest BCUT2D eigenvalue weighted by atomic mass is 16.7. The van der Waals surface area contributed by atoms with Crippen molar-refractivity contribution in [1.29, 1.82) is 0 Å². The minimum Gasteiger partial charge on any atom is -0.394 e. The molecule has 1 aliphatic heterocycles. The van der Waals surface area contributed by atoms with E-state index in [4.69, 9.17) is 14.6 Å². The molecule has 1 heterocycles. The van der Waals surface area contributed by atoms with Crippen molar-refractivity contribution < 1.29 is 39.8 Å². The molecule has 0 amide bonds. The number of Topliss-reactive ketones (excluding diaryl/α,β-unsaturated/α-hetero) is 1. The Bertz CT molecular complexity index is 494. The smallest absolute Gasteiger partial charge is 0.187 e. The third kappa shape index (κ3) is 5.47. The molecule has 1 aliphatic carbocycles. The Morgan fingerprint density at radius 3 is 2.41 bits per heavy atom. The molecule has 1 saturated carbocycles. The molecule has 0 spiro atoms. The van der Waals surface area contributed by atoms with Crippen molar-refractivity contribution in [2.24, 2.45) is 17.3 Å². The van der Waals surface area contributed by atoms with Gasteiger partial charge >= 0.3 is 0 Å². The average molecular weight is 390 g/mol. The lowest BCUT2D eigenvalue weighted by Crippen LogP contribution is -2.59. The van der Waals surface area contributed by atoms with E-state index in [1.165, 1.54) is 0 Å². The number of ketones is 1. The minimum atomic E-state index is -1.52. The van der Waals surface area contributed by atoms with Crippen LogP contribution in [-0.2, 0) is 14.3 Å². The largest absolute Gasteiger partial charge is 0.394 e. The van der Waals surface area contributed by atoms with Crippen molar-refractivity contribution in [3.8, 4) is 0 Å². The predicted molar refractivity (Wildman–Crippen MR) is 95.6 cm³/mol. The minimum absolute atomic E-state index is 0.0461. The van der Waals surface area contributed by atoms with Gasteiger partial charge in [-0.15, -0.1) is 0 Å². The monoisotopic (exact) mass is 390 g/mol. The molecule has 5 N–H and O–H groups in total. The van der Waals surface area contributed by atoms with Gasteiger partial charge in [0.2, 0.25) is 0 Å². The molecule has 0 bridgehead atoms. The zero-order valence-electron chi connectivity index (χ0n) is 16.3. The Hall–Kier alpha value is -0.610. The Morgan fingerprint density at radius 1 is 1.15 bits per heavy atom. The van der Waals surface area contributed by atoms with Gasteiger partial charge in [-0.2, -0.15) is 0 Å². The Labute approximate surface area is 160 Å². The highest BCUT2D eigenvalue weighted by Gasteiger charge is 2.44. The summed E-state index contributed by atoms with van der Waals surface area (Å²) in [5.74, 6) is 0.487. The molecule has 2 fully saturated rings. The van der Waals surface area contributed by atoms with E-state index in [1.807, 2.05) is 0 Å². The molecule has 8 atom stereocenters. The van der Waals surface area contributed by atoms with E-state index in [1.54, 1.807) is 0 Å². The summed E-state index contributed by atoms with van der Waals surface area (Å²) in [6.45, 7) is 5.51. The normalized spacial score (nSPS) is 42.1. The van der Waals surface area contributed by atoms with Gasteiger partial charge in [-0.05, 0) is 36.5 Å². The van der Waals surface area contributed by atoms with Crippen molar-refractivity contribution in [3.05, 3.63) is 0 Å². The van der Waals surface area contributed by atoms with Crippen LogP contribution in [0.25, 0.3) is 0 Å². The first-order chi connectivity index (χ1) is 12.6. The Kier molecular flexibility index (Phi) is 7.78. The summed E-state index contributed by atoms with van der Waals surface area (Å²) >= 11 is 0. The number of aliphatic hydroxyl groups is 5. The standard InChI is InChI=1S/C19H34O8/c1-10-6-12(22)7-19(2,3)13(10)5-4-11(21)9-26-18-17(25)16(24)15(23)14(8-20)27-18/h10,12-18,20,22-25H,4-9H2,1-3H3/t10-,12+,13+,14-,15-,16+,17-,18+/m1/s1. The molecular weight excluding hydrogens is 356 g/mol. The fraction of sp³-hybridized carbons (Fsp3) is 0.947. The molecule has 0 aromatic rings. The second kappa shape index (κ2) is 9.26. The van der Waals surface area contributed by atoms with Crippen LogP contribution in [0.5, 0.6) is 0 Å². The zero-order chi connectivity index (χ0) is 20.4. The quantitative estimate of drug-likeness (QED) is 0.396. The van der Waals surface area contributed by atoms with Crippen molar-refractivity contribution in [1.82, 2.24) is 0 Å². The van der Waals surface area contributed by atoms with Crippen LogP contribution >= 0.6 is 0 Å². The van der Waals surface area contributed by atoms with Crippen LogP contribution in [0.3, 0.4) is 0 Å². The second-order valence-electron chi connectivity index (χ2n) is 8.75. The first kappa shape index (κ1) is 22.7. The van der Waals surface area contributed by atoms with E-state index in [-0.39, 0.29) is 23.9 Å². The lowest BCUT2D eigenvalue weighted by molar-refractivity contribution is -0.299. The van der Waals surface area contributed by atoms with E-state index in [2.05, 4.69) is 20.8 Å². The second-order valence-corrected chi connectivity index (χ2v) is 8.75. The summed E-state index contributed by atoms with van der Waals surface area (Å²) in [6, 6.07) is 0. The molecule has 0 unspecified atom stereocenters. The van der Waals surface area contributed by atoms with Gasteiger partial charge in [0.25, 0.3) is 0 Å². The molecule has 8 heteroatoms. The number of carbonyl (C=O) groups is 1. The van der Waals surface area contributed by atoms with Gasteiger partial charge in [-0.1, -0.05) is 20.8 Å². The molecule has 0 aromatic heterocycles. The van der Waals surface area contributed by atoms with Gasteiger partial charge in [0.1, 0.15) is 31.0 Å². The predicted octanol–water partition coefficient (Wildman–Crippen LogP) is -0.415. The number of hydrogen-bond donors (Lipinski definition) is 5. The Balaban J connectivity index is 1.82. The number of carbonyl (C=O) groups excluding carboxylic acids is 1. The van der Waals surface area contributed by atoms with Crippen LogP contribution in [0.15, 0.2) is 0 Å². The van der Waals surface area contributed by atoms with Crippen LogP contribution in [0.4, 0.5) is 0 Å². The fourth-order valence-corrected chi connectivity index (χ4v) is 4.65. The van der Waals surface area contributed by atoms with E-state index in [0.717, 1.165) is 12.8 Å². The van der Waals surface area contributed by atoms with Crippen LogP contribution in [-0.4, -0.2) is 81.3 Å². The maximum Gasteiger partial charge on any atom is 0.187 e. The first-order valence-corrected chi connectivity index (χ1v) is 9.68. The van der Waals surface area contributed by atoms with Crippen LogP contribution in [0.2, 0.25) is 0 Å². The molecule has 0 radical (unpaired) electrons. The zero-order valence-corrected chi connectivity index (χ0v) is 16.3. The summed E-state index contributed by atoms with van der Waals surface area (Å²) in [5, 5.41) is 48.5. The molecule has 2 rings (SSSR count). The van der Waals surface area contributed by atoms with Gasteiger partial charge < -0.3 is 35.0 Å². The Morgan fingerprint density at radius 2 is 1.81 bits per heavy atom. The summed E-state index contributed by atoms with van der Waals surface area (Å²) in [7, 11) is 0. The number of aliphatic hydroxyl groups excluding tert-OH is 5. The number of ether oxygens (including phenoxy) is 2. The maximum absolute atomic E-state index is 12.2. The van der Waals surface area contributed by atoms with Crippen LogP contribution in [0.1, 0.15) is 46.5 Å². The van der Waals surface area contributed by atoms with Crippen molar-refractivity contribution in [2.75, 3.05) is 13.2 Å². The topological polar surface area (TPSA) is 137 Å². The lowest BCUT2D eigenvalue weighted by Gasteiger charge is -2.45. The van der Waals surface area contributed by atoms with Crippen LogP contribution in [0, 0.1) is 17.3 Å². The van der Waals surface area contributed by atoms with Gasteiger partial charge in [-0.25, -0.2) is 0 Å². The van der Waals surface area contributed by atoms with Gasteiger partial charge in [0, 0.05) is 6.42 Å². The van der Waals surface area contributed by atoms with Crippen LogP contribution < -0.4 is 0 Å². The van der Waals surface area contributed by atoms with E-state index in [9.17, 15) is 25.2 Å².